The lowest BCUT2D eigenvalue weighted by Gasteiger charge is -2.33. The number of hydrogen-bond donors (Lipinski definition) is 2. The van der Waals surface area contributed by atoms with Crippen LogP contribution >= 0.6 is 24.0 Å². The lowest BCUT2D eigenvalue weighted by Crippen LogP contribution is -2.54. The highest BCUT2D eigenvalue weighted by Crippen LogP contribution is 2.24. The predicted molar refractivity (Wildman–Crippen MR) is 77.6 cm³/mol. The van der Waals surface area contributed by atoms with Gasteiger partial charge in [-0.1, -0.05) is 23.7 Å². The zero-order valence-corrected chi connectivity index (χ0v) is 11.9. The SMILES string of the molecule is CC1(C(=O)Nc2ccccc2Cl)CCCCN1.Cl. The Bertz CT molecular complexity index is 417. The quantitative estimate of drug-likeness (QED) is 0.877. The molecule has 0 saturated carbocycles. The maximum atomic E-state index is 12.2. The monoisotopic (exact) mass is 288 g/mol. The van der Waals surface area contributed by atoms with E-state index in [0.29, 0.717) is 10.7 Å². The molecule has 0 aromatic heterocycles. The van der Waals surface area contributed by atoms with E-state index in [9.17, 15) is 4.79 Å². The molecule has 1 amide bonds. The molecule has 1 atom stereocenters. The van der Waals surface area contributed by atoms with Crippen molar-refractivity contribution in [2.75, 3.05) is 11.9 Å². The highest BCUT2D eigenvalue weighted by molar-refractivity contribution is 6.33. The topological polar surface area (TPSA) is 41.1 Å². The van der Waals surface area contributed by atoms with Crippen LogP contribution in [-0.4, -0.2) is 18.0 Å². The van der Waals surface area contributed by atoms with Crippen molar-refractivity contribution in [2.24, 2.45) is 0 Å². The van der Waals surface area contributed by atoms with Gasteiger partial charge in [-0.15, -0.1) is 12.4 Å². The largest absolute Gasteiger partial charge is 0.323 e. The van der Waals surface area contributed by atoms with Gasteiger partial charge in [-0.3, -0.25) is 4.79 Å². The van der Waals surface area contributed by atoms with Gasteiger partial charge in [0.2, 0.25) is 5.91 Å². The summed E-state index contributed by atoms with van der Waals surface area (Å²) in [4.78, 5) is 12.2. The van der Waals surface area contributed by atoms with Crippen molar-refractivity contribution in [3.05, 3.63) is 29.3 Å². The molecule has 1 unspecified atom stereocenters. The van der Waals surface area contributed by atoms with Crippen LogP contribution in [0.2, 0.25) is 5.02 Å². The van der Waals surface area contributed by atoms with Crippen molar-refractivity contribution >= 4 is 35.6 Å². The molecular weight excluding hydrogens is 271 g/mol. The third kappa shape index (κ3) is 3.37. The number of hydrogen-bond acceptors (Lipinski definition) is 2. The molecule has 0 spiro atoms. The van der Waals surface area contributed by atoms with Crippen LogP contribution in [0, 0.1) is 0 Å². The fraction of sp³-hybridized carbons (Fsp3) is 0.462. The van der Waals surface area contributed by atoms with Crippen LogP contribution in [0.4, 0.5) is 5.69 Å². The molecule has 100 valence electrons. The Kier molecular flexibility index (Phi) is 5.45. The molecule has 1 aliphatic rings. The minimum absolute atomic E-state index is 0. The molecule has 0 aliphatic carbocycles. The summed E-state index contributed by atoms with van der Waals surface area (Å²) in [6.45, 7) is 2.84. The summed E-state index contributed by atoms with van der Waals surface area (Å²) in [6, 6.07) is 7.29. The summed E-state index contributed by atoms with van der Waals surface area (Å²) in [5, 5.41) is 6.74. The van der Waals surface area contributed by atoms with Crippen LogP contribution in [0.3, 0.4) is 0 Å². The average Bonchev–Trinajstić information content (AvgIpc) is 2.33. The van der Waals surface area contributed by atoms with Gasteiger partial charge >= 0.3 is 0 Å². The fourth-order valence-electron chi connectivity index (χ4n) is 2.07. The van der Waals surface area contributed by atoms with E-state index in [2.05, 4.69) is 10.6 Å². The minimum Gasteiger partial charge on any atom is -0.323 e. The van der Waals surface area contributed by atoms with Crippen molar-refractivity contribution in [3.8, 4) is 0 Å². The van der Waals surface area contributed by atoms with Gasteiger partial charge in [0.15, 0.2) is 0 Å². The number of carbonyl (C=O) groups excluding carboxylic acids is 1. The second kappa shape index (κ2) is 6.41. The lowest BCUT2D eigenvalue weighted by molar-refractivity contribution is -0.122. The summed E-state index contributed by atoms with van der Waals surface area (Å²) >= 11 is 6.02. The number of piperidine rings is 1. The highest BCUT2D eigenvalue weighted by Gasteiger charge is 2.34. The van der Waals surface area contributed by atoms with Gasteiger partial charge in [0.05, 0.1) is 16.2 Å². The van der Waals surface area contributed by atoms with Crippen molar-refractivity contribution in [3.63, 3.8) is 0 Å². The van der Waals surface area contributed by atoms with E-state index >= 15 is 0 Å². The first-order valence-corrected chi connectivity index (χ1v) is 6.31. The van der Waals surface area contributed by atoms with E-state index in [1.807, 2.05) is 25.1 Å². The highest BCUT2D eigenvalue weighted by atomic mass is 35.5. The van der Waals surface area contributed by atoms with Gasteiger partial charge in [-0.25, -0.2) is 0 Å². The first-order chi connectivity index (χ1) is 8.12. The van der Waals surface area contributed by atoms with E-state index in [0.717, 1.165) is 25.8 Å². The Balaban J connectivity index is 0.00000162. The van der Waals surface area contributed by atoms with E-state index < -0.39 is 5.54 Å². The molecule has 1 aromatic rings. The minimum atomic E-state index is -0.475. The number of rotatable bonds is 2. The summed E-state index contributed by atoms with van der Waals surface area (Å²) < 4.78 is 0. The van der Waals surface area contributed by atoms with E-state index in [-0.39, 0.29) is 18.3 Å². The van der Waals surface area contributed by atoms with Crippen molar-refractivity contribution < 1.29 is 4.79 Å². The van der Waals surface area contributed by atoms with Gasteiger partial charge < -0.3 is 10.6 Å². The first kappa shape index (κ1) is 15.3. The van der Waals surface area contributed by atoms with Crippen LogP contribution in [0.5, 0.6) is 0 Å². The third-order valence-electron chi connectivity index (χ3n) is 3.24. The molecule has 18 heavy (non-hydrogen) atoms. The smallest absolute Gasteiger partial charge is 0.244 e. The van der Waals surface area contributed by atoms with Crippen LogP contribution < -0.4 is 10.6 Å². The Hall–Kier alpha value is -0.770. The number of carbonyl (C=O) groups is 1. The van der Waals surface area contributed by atoms with E-state index in [1.54, 1.807) is 6.07 Å². The lowest BCUT2D eigenvalue weighted by atomic mass is 9.90. The van der Waals surface area contributed by atoms with Crippen LogP contribution in [-0.2, 0) is 4.79 Å². The Morgan fingerprint density at radius 3 is 2.72 bits per heavy atom. The number of nitrogens with one attached hydrogen (secondary N) is 2. The van der Waals surface area contributed by atoms with Gasteiger partial charge in [-0.2, -0.15) is 0 Å². The maximum Gasteiger partial charge on any atom is 0.244 e. The molecule has 1 saturated heterocycles. The normalized spacial score (nSPS) is 23.0. The van der Waals surface area contributed by atoms with Crippen LogP contribution in [0.25, 0.3) is 0 Å². The van der Waals surface area contributed by atoms with E-state index in [1.165, 1.54) is 0 Å². The fourth-order valence-corrected chi connectivity index (χ4v) is 2.26. The molecule has 3 nitrogen and oxygen atoms in total. The summed E-state index contributed by atoms with van der Waals surface area (Å²) in [6.07, 6.45) is 3.08. The average molecular weight is 289 g/mol. The molecule has 2 N–H and O–H groups in total. The molecule has 0 bridgehead atoms. The summed E-state index contributed by atoms with van der Waals surface area (Å²) in [5.74, 6) is -0.00898. The van der Waals surface area contributed by atoms with Crippen LogP contribution in [0.1, 0.15) is 26.2 Å². The Labute approximate surface area is 119 Å². The predicted octanol–water partition coefficient (Wildman–Crippen LogP) is 3.23. The zero-order valence-electron chi connectivity index (χ0n) is 10.3. The number of anilines is 1. The van der Waals surface area contributed by atoms with Gasteiger partial charge in [0, 0.05) is 0 Å². The molecule has 0 radical (unpaired) electrons. The Morgan fingerprint density at radius 2 is 2.11 bits per heavy atom. The standard InChI is InChI=1S/C13H17ClN2O.ClH/c1-13(8-4-5-9-15-13)12(17)16-11-7-3-2-6-10(11)14;/h2-3,6-7,15H,4-5,8-9H2,1H3,(H,16,17);1H. The number of amides is 1. The van der Waals surface area contributed by atoms with Crippen molar-refractivity contribution in [1.82, 2.24) is 5.32 Å². The van der Waals surface area contributed by atoms with E-state index in [4.69, 9.17) is 11.6 Å². The second-order valence-electron chi connectivity index (χ2n) is 4.65. The first-order valence-electron chi connectivity index (χ1n) is 5.93. The van der Waals surface area contributed by atoms with Gasteiger partial charge in [-0.05, 0) is 44.9 Å². The molecule has 5 heteroatoms. The van der Waals surface area contributed by atoms with Crippen molar-refractivity contribution in [2.45, 2.75) is 31.7 Å². The Morgan fingerprint density at radius 1 is 1.39 bits per heavy atom. The second-order valence-corrected chi connectivity index (χ2v) is 5.06. The zero-order chi connectivity index (χ0) is 12.3. The molecule has 1 aromatic carbocycles. The summed E-state index contributed by atoms with van der Waals surface area (Å²) in [7, 11) is 0. The summed E-state index contributed by atoms with van der Waals surface area (Å²) in [5.41, 5.74) is 0.199. The molecule has 2 rings (SSSR count). The maximum absolute atomic E-state index is 12.2. The third-order valence-corrected chi connectivity index (χ3v) is 3.57. The van der Waals surface area contributed by atoms with Gasteiger partial charge in [0.25, 0.3) is 0 Å². The van der Waals surface area contributed by atoms with Gasteiger partial charge in [0.1, 0.15) is 0 Å². The van der Waals surface area contributed by atoms with Crippen molar-refractivity contribution in [1.29, 1.82) is 0 Å². The van der Waals surface area contributed by atoms with Crippen LogP contribution in [0.15, 0.2) is 24.3 Å². The molecular formula is C13H18Cl2N2O. The number of halogens is 2. The number of para-hydroxylation sites is 1. The number of benzene rings is 1. The molecule has 1 aliphatic heterocycles. The molecule has 1 fully saturated rings. The molecule has 1 heterocycles.